The first-order valence-corrected chi connectivity index (χ1v) is 11.3. The second-order valence-corrected chi connectivity index (χ2v) is 8.95. The van der Waals surface area contributed by atoms with Crippen molar-refractivity contribution in [3.05, 3.63) is 45.3 Å². The largest absolute Gasteiger partial charge is 0.462 e. The summed E-state index contributed by atoms with van der Waals surface area (Å²) in [5.41, 5.74) is 5.36. The molecule has 2 aromatic rings. The summed E-state index contributed by atoms with van der Waals surface area (Å²) in [6.07, 6.45) is 6.17. The molecule has 1 amide bonds. The molecule has 2 aliphatic rings. The molecule has 0 radical (unpaired) electrons. The summed E-state index contributed by atoms with van der Waals surface area (Å²) >= 11 is 1.54. The summed E-state index contributed by atoms with van der Waals surface area (Å²) in [6.45, 7) is 5.41. The van der Waals surface area contributed by atoms with Crippen LogP contribution in [0.3, 0.4) is 0 Å². The van der Waals surface area contributed by atoms with Gasteiger partial charge >= 0.3 is 5.97 Å². The Balaban J connectivity index is 1.54. The van der Waals surface area contributed by atoms with Crippen LogP contribution in [-0.4, -0.2) is 31.6 Å². The van der Waals surface area contributed by atoms with Crippen LogP contribution < -0.4 is 10.2 Å². The Bertz CT molecular complexity index is 934. The molecule has 5 nitrogen and oxygen atoms in total. The number of ether oxygens (including phenoxy) is 1. The Morgan fingerprint density at radius 1 is 1.17 bits per heavy atom. The molecule has 0 atom stereocenters. The maximum atomic E-state index is 12.9. The Morgan fingerprint density at radius 3 is 2.83 bits per heavy atom. The molecule has 1 aliphatic heterocycles. The molecule has 1 aromatic heterocycles. The van der Waals surface area contributed by atoms with Crippen LogP contribution in [0.4, 0.5) is 10.7 Å². The Labute approximate surface area is 176 Å². The number of hydrogen-bond donors (Lipinski definition) is 1. The maximum absolute atomic E-state index is 12.9. The van der Waals surface area contributed by atoms with Gasteiger partial charge in [0.15, 0.2) is 0 Å². The molecule has 6 heteroatoms. The number of amides is 1. The fourth-order valence-corrected chi connectivity index (χ4v) is 5.67. The molecule has 1 aliphatic carbocycles. The molecular formula is C23H28N2O3S. The van der Waals surface area contributed by atoms with E-state index in [1.54, 1.807) is 11.3 Å². The van der Waals surface area contributed by atoms with E-state index in [1.165, 1.54) is 16.0 Å². The first kappa shape index (κ1) is 20.0. The molecule has 0 saturated carbocycles. The van der Waals surface area contributed by atoms with Crippen molar-refractivity contribution in [2.24, 2.45) is 0 Å². The van der Waals surface area contributed by atoms with Gasteiger partial charge in [-0.25, -0.2) is 4.79 Å². The van der Waals surface area contributed by atoms with E-state index in [-0.39, 0.29) is 11.9 Å². The minimum Gasteiger partial charge on any atom is -0.462 e. The smallest absolute Gasteiger partial charge is 0.341 e. The van der Waals surface area contributed by atoms with Crippen molar-refractivity contribution in [3.8, 4) is 0 Å². The van der Waals surface area contributed by atoms with Crippen LogP contribution in [0.2, 0.25) is 0 Å². The van der Waals surface area contributed by atoms with E-state index in [0.717, 1.165) is 56.3 Å². The third kappa shape index (κ3) is 4.17. The monoisotopic (exact) mass is 412 g/mol. The van der Waals surface area contributed by atoms with Gasteiger partial charge in [0.25, 0.3) is 0 Å². The van der Waals surface area contributed by atoms with Gasteiger partial charge in [0, 0.05) is 17.1 Å². The minimum atomic E-state index is -0.319. The molecule has 0 saturated heterocycles. The van der Waals surface area contributed by atoms with Gasteiger partial charge in [-0.2, -0.15) is 0 Å². The van der Waals surface area contributed by atoms with Crippen molar-refractivity contribution in [1.29, 1.82) is 0 Å². The molecule has 4 rings (SSSR count). The zero-order chi connectivity index (χ0) is 20.4. The number of fused-ring (bicyclic) bond motifs is 2. The number of esters is 1. The standard InChI is InChI=1S/C23H28N2O3S/c1-3-28-23(27)21-17-8-4-5-9-19(17)29-22(21)24-20(26)14-25-12-6-7-16-13-15(2)10-11-18(16)25/h10-11,13H,3-9,12,14H2,1-2H3,(H,24,26). The van der Waals surface area contributed by atoms with Crippen molar-refractivity contribution in [1.82, 2.24) is 0 Å². The van der Waals surface area contributed by atoms with E-state index in [2.05, 4.69) is 35.3 Å². The normalized spacial score (nSPS) is 15.4. The zero-order valence-electron chi connectivity index (χ0n) is 17.2. The van der Waals surface area contributed by atoms with Gasteiger partial charge in [-0.15, -0.1) is 11.3 Å². The van der Waals surface area contributed by atoms with Crippen LogP contribution >= 0.6 is 11.3 Å². The number of rotatable bonds is 5. The fourth-order valence-electron chi connectivity index (χ4n) is 4.38. The SMILES string of the molecule is CCOC(=O)c1c(NC(=O)CN2CCCc3cc(C)ccc32)sc2c1CCCC2. The summed E-state index contributed by atoms with van der Waals surface area (Å²) in [6, 6.07) is 6.43. The highest BCUT2D eigenvalue weighted by Crippen LogP contribution is 2.38. The highest BCUT2D eigenvalue weighted by Gasteiger charge is 2.28. The topological polar surface area (TPSA) is 58.6 Å². The van der Waals surface area contributed by atoms with E-state index >= 15 is 0 Å². The number of thiophene rings is 1. The lowest BCUT2D eigenvalue weighted by Crippen LogP contribution is -2.36. The predicted molar refractivity (Wildman–Crippen MR) is 117 cm³/mol. The molecule has 2 heterocycles. The average Bonchev–Trinajstić information content (AvgIpc) is 3.05. The van der Waals surface area contributed by atoms with E-state index < -0.39 is 0 Å². The molecule has 0 spiro atoms. The van der Waals surface area contributed by atoms with Gasteiger partial charge in [-0.05, 0) is 69.6 Å². The maximum Gasteiger partial charge on any atom is 0.341 e. The summed E-state index contributed by atoms with van der Waals surface area (Å²) in [5.74, 6) is -0.399. The van der Waals surface area contributed by atoms with Crippen LogP contribution in [0.1, 0.15) is 58.1 Å². The molecule has 29 heavy (non-hydrogen) atoms. The predicted octanol–water partition coefficient (Wildman–Crippen LogP) is 4.50. The van der Waals surface area contributed by atoms with E-state index in [9.17, 15) is 9.59 Å². The molecule has 0 unspecified atom stereocenters. The van der Waals surface area contributed by atoms with Crippen LogP contribution in [0.5, 0.6) is 0 Å². The number of aryl methyl sites for hydroxylation is 3. The van der Waals surface area contributed by atoms with Crippen molar-refractivity contribution >= 4 is 33.9 Å². The number of nitrogens with zero attached hydrogens (tertiary/aromatic N) is 1. The van der Waals surface area contributed by atoms with Gasteiger partial charge in [-0.3, -0.25) is 4.79 Å². The summed E-state index contributed by atoms with van der Waals surface area (Å²) in [5, 5.41) is 3.69. The lowest BCUT2D eigenvalue weighted by Gasteiger charge is -2.31. The second kappa shape index (κ2) is 8.57. The van der Waals surface area contributed by atoms with E-state index in [0.29, 0.717) is 23.7 Å². The highest BCUT2D eigenvalue weighted by atomic mass is 32.1. The Hall–Kier alpha value is -2.34. The van der Waals surface area contributed by atoms with Crippen LogP contribution in [-0.2, 0) is 28.8 Å². The summed E-state index contributed by atoms with van der Waals surface area (Å²) in [4.78, 5) is 28.9. The zero-order valence-corrected chi connectivity index (χ0v) is 18.0. The number of anilines is 2. The first-order valence-electron chi connectivity index (χ1n) is 10.5. The van der Waals surface area contributed by atoms with Gasteiger partial charge in [0.2, 0.25) is 5.91 Å². The number of nitrogens with one attached hydrogen (secondary N) is 1. The van der Waals surface area contributed by atoms with E-state index in [4.69, 9.17) is 4.74 Å². The summed E-state index contributed by atoms with van der Waals surface area (Å²) < 4.78 is 5.29. The van der Waals surface area contributed by atoms with Crippen LogP contribution in [0.15, 0.2) is 18.2 Å². The van der Waals surface area contributed by atoms with E-state index in [1.807, 2.05) is 6.92 Å². The third-order valence-corrected chi connectivity index (χ3v) is 6.90. The van der Waals surface area contributed by atoms with Gasteiger partial charge in [-0.1, -0.05) is 17.7 Å². The van der Waals surface area contributed by atoms with Crippen molar-refractivity contribution in [2.45, 2.75) is 52.4 Å². The van der Waals surface area contributed by atoms with Gasteiger partial charge < -0.3 is 15.0 Å². The van der Waals surface area contributed by atoms with Gasteiger partial charge in [0.1, 0.15) is 5.00 Å². The molecule has 1 N–H and O–H groups in total. The molecular weight excluding hydrogens is 384 g/mol. The number of hydrogen-bond acceptors (Lipinski definition) is 5. The third-order valence-electron chi connectivity index (χ3n) is 5.69. The first-order chi connectivity index (χ1) is 14.1. The number of benzene rings is 1. The highest BCUT2D eigenvalue weighted by molar-refractivity contribution is 7.17. The van der Waals surface area contributed by atoms with Crippen LogP contribution in [0, 0.1) is 6.92 Å². The second-order valence-electron chi connectivity index (χ2n) is 7.84. The Morgan fingerprint density at radius 2 is 2.00 bits per heavy atom. The molecule has 1 aromatic carbocycles. The minimum absolute atomic E-state index is 0.0810. The quantitative estimate of drug-likeness (QED) is 0.735. The summed E-state index contributed by atoms with van der Waals surface area (Å²) in [7, 11) is 0. The van der Waals surface area contributed by atoms with Crippen molar-refractivity contribution in [3.63, 3.8) is 0 Å². The molecule has 0 bridgehead atoms. The fraction of sp³-hybridized carbons (Fsp3) is 0.478. The molecule has 154 valence electrons. The Kier molecular flexibility index (Phi) is 5.90. The molecule has 0 fully saturated rings. The number of carbonyl (C=O) groups excluding carboxylic acids is 2. The van der Waals surface area contributed by atoms with Crippen molar-refractivity contribution < 1.29 is 14.3 Å². The van der Waals surface area contributed by atoms with Crippen molar-refractivity contribution in [2.75, 3.05) is 29.9 Å². The lowest BCUT2D eigenvalue weighted by atomic mass is 9.95. The van der Waals surface area contributed by atoms with Gasteiger partial charge in [0.05, 0.1) is 18.7 Å². The van der Waals surface area contributed by atoms with Crippen LogP contribution in [0.25, 0.3) is 0 Å². The number of carbonyl (C=O) groups is 2. The average molecular weight is 413 g/mol. The lowest BCUT2D eigenvalue weighted by molar-refractivity contribution is -0.115.